The zero-order valence-corrected chi connectivity index (χ0v) is 12.8. The Hall–Kier alpha value is -0.420. The van der Waals surface area contributed by atoms with Crippen LogP contribution in [0, 0.1) is 0 Å². The lowest BCUT2D eigenvalue weighted by Gasteiger charge is -2.14. The van der Waals surface area contributed by atoms with Crippen molar-refractivity contribution in [1.82, 2.24) is 10.6 Å². The Kier molecular flexibility index (Phi) is 8.25. The maximum atomic E-state index is 4.99. The Morgan fingerprint density at radius 1 is 1.22 bits per heavy atom. The average molecular weight is 315 g/mol. The number of hydrogen-bond acceptors (Lipinski definition) is 3. The van der Waals surface area contributed by atoms with Crippen LogP contribution in [0.15, 0.2) is 28.7 Å². The number of benzene rings is 1. The van der Waals surface area contributed by atoms with Crippen molar-refractivity contribution >= 4 is 15.9 Å². The van der Waals surface area contributed by atoms with Crippen LogP contribution in [0.25, 0.3) is 0 Å². The molecular weight excluding hydrogens is 292 g/mol. The summed E-state index contributed by atoms with van der Waals surface area (Å²) in [6.07, 6.45) is 1.07. The predicted octanol–water partition coefficient (Wildman–Crippen LogP) is 2.21. The van der Waals surface area contributed by atoms with Gasteiger partial charge in [0.2, 0.25) is 0 Å². The summed E-state index contributed by atoms with van der Waals surface area (Å²) >= 11 is 3.44. The zero-order valence-electron chi connectivity index (χ0n) is 11.2. The minimum Gasteiger partial charge on any atom is -0.383 e. The van der Waals surface area contributed by atoms with Gasteiger partial charge < -0.3 is 15.4 Å². The number of nitrogens with one attached hydrogen (secondary N) is 2. The van der Waals surface area contributed by atoms with Crippen molar-refractivity contribution in [3.8, 4) is 0 Å². The van der Waals surface area contributed by atoms with Crippen molar-refractivity contribution in [1.29, 1.82) is 0 Å². The molecule has 1 rings (SSSR count). The smallest absolute Gasteiger partial charge is 0.0587 e. The molecular formula is C14H23BrN2O. The molecule has 0 fully saturated rings. The molecule has 0 bridgehead atoms. The highest BCUT2D eigenvalue weighted by Crippen LogP contribution is 2.10. The molecule has 0 heterocycles. The molecule has 0 radical (unpaired) electrons. The van der Waals surface area contributed by atoms with E-state index in [1.165, 1.54) is 5.56 Å². The number of hydrogen-bond donors (Lipinski definition) is 2. The number of ether oxygens (including phenoxy) is 1. The van der Waals surface area contributed by atoms with Crippen LogP contribution in [0.3, 0.4) is 0 Å². The van der Waals surface area contributed by atoms with Gasteiger partial charge in [-0.2, -0.15) is 0 Å². The van der Waals surface area contributed by atoms with Gasteiger partial charge in [-0.3, -0.25) is 0 Å². The minimum absolute atomic E-state index is 0.484. The number of methoxy groups -OCH3 is 1. The molecule has 1 aromatic rings. The third kappa shape index (κ3) is 7.11. The SMILES string of the molecule is COCCNCC(C)NCCc1ccc(Br)cc1. The highest BCUT2D eigenvalue weighted by atomic mass is 79.9. The number of halogens is 1. The lowest BCUT2D eigenvalue weighted by atomic mass is 10.1. The summed E-state index contributed by atoms with van der Waals surface area (Å²) in [5.74, 6) is 0. The van der Waals surface area contributed by atoms with Gasteiger partial charge in [0, 0.05) is 30.7 Å². The van der Waals surface area contributed by atoms with Crippen LogP contribution in [0.4, 0.5) is 0 Å². The van der Waals surface area contributed by atoms with Gasteiger partial charge in [-0.25, -0.2) is 0 Å². The van der Waals surface area contributed by atoms with E-state index in [0.717, 1.165) is 37.1 Å². The molecule has 0 amide bonds. The minimum atomic E-state index is 0.484. The van der Waals surface area contributed by atoms with Crippen molar-refractivity contribution in [3.05, 3.63) is 34.3 Å². The molecule has 4 heteroatoms. The zero-order chi connectivity index (χ0) is 13.2. The second-order valence-corrected chi connectivity index (χ2v) is 5.34. The van der Waals surface area contributed by atoms with Crippen molar-refractivity contribution < 1.29 is 4.74 Å². The van der Waals surface area contributed by atoms with Crippen molar-refractivity contribution in [2.24, 2.45) is 0 Å². The summed E-state index contributed by atoms with van der Waals surface area (Å²) in [5, 5.41) is 6.86. The lowest BCUT2D eigenvalue weighted by Crippen LogP contribution is -2.38. The molecule has 0 aliphatic rings. The van der Waals surface area contributed by atoms with E-state index >= 15 is 0 Å². The summed E-state index contributed by atoms with van der Waals surface area (Å²) in [4.78, 5) is 0. The molecule has 1 atom stereocenters. The summed E-state index contributed by atoms with van der Waals surface area (Å²) in [6.45, 7) is 5.86. The molecule has 0 aromatic heterocycles. The van der Waals surface area contributed by atoms with Gasteiger partial charge in [-0.15, -0.1) is 0 Å². The molecule has 0 aliphatic carbocycles. The van der Waals surface area contributed by atoms with Crippen LogP contribution in [-0.4, -0.2) is 39.4 Å². The van der Waals surface area contributed by atoms with E-state index in [1.54, 1.807) is 7.11 Å². The van der Waals surface area contributed by atoms with E-state index in [9.17, 15) is 0 Å². The molecule has 0 spiro atoms. The monoisotopic (exact) mass is 314 g/mol. The van der Waals surface area contributed by atoms with Crippen molar-refractivity contribution in [3.63, 3.8) is 0 Å². The third-order valence-electron chi connectivity index (χ3n) is 2.75. The Balaban J connectivity index is 2.07. The van der Waals surface area contributed by atoms with Gasteiger partial charge >= 0.3 is 0 Å². The molecule has 1 unspecified atom stereocenters. The molecule has 0 saturated heterocycles. The van der Waals surface area contributed by atoms with E-state index in [2.05, 4.69) is 57.8 Å². The molecule has 0 saturated carbocycles. The molecule has 102 valence electrons. The topological polar surface area (TPSA) is 33.3 Å². The second kappa shape index (κ2) is 9.50. The first kappa shape index (κ1) is 15.6. The van der Waals surface area contributed by atoms with Gasteiger partial charge in [-0.05, 0) is 37.6 Å². The van der Waals surface area contributed by atoms with Crippen LogP contribution in [0.5, 0.6) is 0 Å². The standard InChI is InChI=1S/C14H23BrN2O/c1-12(11-16-9-10-18-2)17-8-7-13-3-5-14(15)6-4-13/h3-6,12,16-17H,7-11H2,1-2H3. The van der Waals surface area contributed by atoms with Crippen molar-refractivity contribution in [2.75, 3.05) is 33.4 Å². The van der Waals surface area contributed by atoms with Crippen LogP contribution in [0.1, 0.15) is 12.5 Å². The largest absolute Gasteiger partial charge is 0.383 e. The number of rotatable bonds is 9. The first-order valence-corrected chi connectivity index (χ1v) is 7.19. The van der Waals surface area contributed by atoms with Crippen LogP contribution in [-0.2, 0) is 11.2 Å². The van der Waals surface area contributed by atoms with Gasteiger partial charge in [0.15, 0.2) is 0 Å². The fourth-order valence-electron chi connectivity index (χ4n) is 1.68. The van der Waals surface area contributed by atoms with Gasteiger partial charge in [-0.1, -0.05) is 28.1 Å². The Bertz CT molecular complexity index is 316. The molecule has 1 aromatic carbocycles. The molecule has 18 heavy (non-hydrogen) atoms. The first-order valence-electron chi connectivity index (χ1n) is 6.40. The van der Waals surface area contributed by atoms with E-state index in [1.807, 2.05) is 0 Å². The van der Waals surface area contributed by atoms with Gasteiger partial charge in [0.1, 0.15) is 0 Å². The van der Waals surface area contributed by atoms with Crippen LogP contribution < -0.4 is 10.6 Å². The highest BCUT2D eigenvalue weighted by molar-refractivity contribution is 9.10. The van der Waals surface area contributed by atoms with E-state index < -0.39 is 0 Å². The van der Waals surface area contributed by atoms with Gasteiger partial charge in [0.25, 0.3) is 0 Å². The third-order valence-corrected chi connectivity index (χ3v) is 3.28. The maximum Gasteiger partial charge on any atom is 0.0587 e. The summed E-state index contributed by atoms with van der Waals surface area (Å²) in [7, 11) is 1.72. The van der Waals surface area contributed by atoms with Crippen molar-refractivity contribution in [2.45, 2.75) is 19.4 Å². The molecule has 0 aliphatic heterocycles. The van der Waals surface area contributed by atoms with Crippen LogP contribution >= 0.6 is 15.9 Å². The molecule has 2 N–H and O–H groups in total. The first-order chi connectivity index (χ1) is 8.72. The normalized spacial score (nSPS) is 12.6. The predicted molar refractivity (Wildman–Crippen MR) is 80.1 cm³/mol. The molecule has 3 nitrogen and oxygen atoms in total. The Morgan fingerprint density at radius 3 is 2.61 bits per heavy atom. The quantitative estimate of drug-likeness (QED) is 0.686. The average Bonchev–Trinajstić information content (AvgIpc) is 2.37. The second-order valence-electron chi connectivity index (χ2n) is 4.43. The fourth-order valence-corrected chi connectivity index (χ4v) is 1.94. The summed E-state index contributed by atoms with van der Waals surface area (Å²) in [5.41, 5.74) is 1.37. The highest BCUT2D eigenvalue weighted by Gasteiger charge is 2.00. The summed E-state index contributed by atoms with van der Waals surface area (Å²) in [6, 6.07) is 8.98. The Morgan fingerprint density at radius 2 is 1.94 bits per heavy atom. The van der Waals surface area contributed by atoms with Crippen LogP contribution in [0.2, 0.25) is 0 Å². The summed E-state index contributed by atoms with van der Waals surface area (Å²) < 4.78 is 6.12. The van der Waals surface area contributed by atoms with E-state index in [-0.39, 0.29) is 0 Å². The van der Waals surface area contributed by atoms with E-state index in [0.29, 0.717) is 6.04 Å². The van der Waals surface area contributed by atoms with E-state index in [4.69, 9.17) is 4.74 Å². The fraction of sp³-hybridized carbons (Fsp3) is 0.571. The lowest BCUT2D eigenvalue weighted by molar-refractivity contribution is 0.198. The maximum absolute atomic E-state index is 4.99. The van der Waals surface area contributed by atoms with Gasteiger partial charge in [0.05, 0.1) is 6.61 Å². The Labute approximate surface area is 118 Å².